The van der Waals surface area contributed by atoms with Gasteiger partial charge in [-0.2, -0.15) is 0 Å². The Morgan fingerprint density at radius 2 is 1.91 bits per heavy atom. The van der Waals surface area contributed by atoms with Gasteiger partial charge in [-0.25, -0.2) is 9.97 Å². The Morgan fingerprint density at radius 1 is 1.03 bits per heavy atom. The largest absolute Gasteiger partial charge is 0.487 e. The van der Waals surface area contributed by atoms with E-state index in [4.69, 9.17) is 4.74 Å². The maximum atomic E-state index is 12.7. The van der Waals surface area contributed by atoms with Gasteiger partial charge in [0.1, 0.15) is 23.8 Å². The number of rotatable bonds is 7. The first-order valence-corrected chi connectivity index (χ1v) is 10.7. The molecule has 5 aromatic rings. The van der Waals surface area contributed by atoms with Crippen molar-refractivity contribution in [2.45, 2.75) is 20.1 Å². The molecule has 0 saturated carbocycles. The van der Waals surface area contributed by atoms with Crippen LogP contribution in [0, 0.1) is 6.92 Å². The van der Waals surface area contributed by atoms with Gasteiger partial charge in [-0.15, -0.1) is 0 Å². The molecule has 5 rings (SSSR count). The lowest BCUT2D eigenvalue weighted by Gasteiger charge is -2.09. The van der Waals surface area contributed by atoms with Gasteiger partial charge in [0, 0.05) is 42.6 Å². The Balaban J connectivity index is 1.21. The first-order valence-electron chi connectivity index (χ1n) is 10.7. The molecule has 0 aliphatic heterocycles. The number of benzene rings is 2. The molecule has 0 aliphatic rings. The van der Waals surface area contributed by atoms with E-state index in [1.807, 2.05) is 84.5 Å². The summed E-state index contributed by atoms with van der Waals surface area (Å²) in [6.07, 6.45) is 7.63. The highest BCUT2D eigenvalue weighted by Crippen LogP contribution is 2.18. The molecule has 3 heterocycles. The monoisotopic (exact) mass is 437 g/mol. The summed E-state index contributed by atoms with van der Waals surface area (Å²) in [6.45, 7) is 3.04. The zero-order valence-corrected chi connectivity index (χ0v) is 18.2. The van der Waals surface area contributed by atoms with Gasteiger partial charge in [-0.1, -0.05) is 24.3 Å². The molecule has 0 saturated heterocycles. The molecule has 0 spiro atoms. The molecule has 0 atom stereocenters. The number of imidazole rings is 2. The normalized spacial score (nSPS) is 10.9. The average molecular weight is 438 g/mol. The van der Waals surface area contributed by atoms with E-state index in [0.717, 1.165) is 35.0 Å². The number of aromatic nitrogens is 4. The third kappa shape index (κ3) is 4.77. The van der Waals surface area contributed by atoms with Crippen molar-refractivity contribution in [2.24, 2.45) is 0 Å². The van der Waals surface area contributed by atoms with Gasteiger partial charge >= 0.3 is 0 Å². The molecular formula is C26H23N5O2. The second kappa shape index (κ2) is 9.00. The van der Waals surface area contributed by atoms with E-state index in [9.17, 15) is 4.79 Å². The third-order valence-electron chi connectivity index (χ3n) is 5.39. The van der Waals surface area contributed by atoms with Crippen molar-refractivity contribution in [3.63, 3.8) is 0 Å². The minimum absolute atomic E-state index is 0.189. The number of hydrogen-bond acceptors (Lipinski definition) is 4. The second-order valence-electron chi connectivity index (χ2n) is 7.77. The summed E-state index contributed by atoms with van der Waals surface area (Å²) in [5.74, 6) is 1.40. The van der Waals surface area contributed by atoms with Crippen LogP contribution in [0.2, 0.25) is 0 Å². The molecule has 0 fully saturated rings. The van der Waals surface area contributed by atoms with Crippen LogP contribution in [0.25, 0.3) is 5.65 Å². The molecule has 7 heteroatoms. The zero-order valence-electron chi connectivity index (χ0n) is 18.2. The number of anilines is 1. The fourth-order valence-electron chi connectivity index (χ4n) is 3.61. The van der Waals surface area contributed by atoms with E-state index < -0.39 is 0 Å². The van der Waals surface area contributed by atoms with Crippen LogP contribution in [0.3, 0.4) is 0 Å². The minimum Gasteiger partial charge on any atom is -0.487 e. The van der Waals surface area contributed by atoms with Crippen LogP contribution in [0.4, 0.5) is 5.69 Å². The Bertz CT molecular complexity index is 1370. The van der Waals surface area contributed by atoms with E-state index in [1.165, 1.54) is 0 Å². The predicted molar refractivity (Wildman–Crippen MR) is 126 cm³/mol. The number of nitrogens with zero attached hydrogens (tertiary/aromatic N) is 4. The molecule has 0 bridgehead atoms. The fourth-order valence-corrected chi connectivity index (χ4v) is 3.61. The number of carbonyl (C=O) groups is 1. The molecule has 2 aromatic carbocycles. The summed E-state index contributed by atoms with van der Waals surface area (Å²) in [7, 11) is 0. The third-order valence-corrected chi connectivity index (χ3v) is 5.39. The topological polar surface area (TPSA) is 73.5 Å². The molecule has 0 unspecified atom stereocenters. The Hall–Kier alpha value is -4.39. The predicted octanol–water partition coefficient (Wildman–Crippen LogP) is 4.72. The van der Waals surface area contributed by atoms with Gasteiger partial charge < -0.3 is 19.0 Å². The van der Waals surface area contributed by atoms with Crippen LogP contribution in [0.5, 0.6) is 5.75 Å². The highest BCUT2D eigenvalue weighted by atomic mass is 16.5. The molecule has 1 N–H and O–H groups in total. The zero-order chi connectivity index (χ0) is 22.6. The van der Waals surface area contributed by atoms with Crippen molar-refractivity contribution in [3.05, 3.63) is 114 Å². The van der Waals surface area contributed by atoms with E-state index in [-0.39, 0.29) is 5.91 Å². The van der Waals surface area contributed by atoms with Crippen molar-refractivity contribution in [3.8, 4) is 5.75 Å². The number of aryl methyl sites for hydroxylation is 1. The minimum atomic E-state index is -0.189. The van der Waals surface area contributed by atoms with Crippen molar-refractivity contribution in [1.82, 2.24) is 18.9 Å². The number of carbonyl (C=O) groups excluding carboxylic acids is 1. The summed E-state index contributed by atoms with van der Waals surface area (Å²) < 4.78 is 9.90. The lowest BCUT2D eigenvalue weighted by Crippen LogP contribution is -2.12. The van der Waals surface area contributed by atoms with Gasteiger partial charge in [0.15, 0.2) is 0 Å². The number of fused-ring (bicyclic) bond motifs is 1. The fraction of sp³-hybridized carbons (Fsp3) is 0.115. The lowest BCUT2D eigenvalue weighted by atomic mass is 10.1. The highest BCUT2D eigenvalue weighted by Gasteiger charge is 2.09. The number of pyridine rings is 1. The van der Waals surface area contributed by atoms with Crippen molar-refractivity contribution in [1.29, 1.82) is 0 Å². The maximum absolute atomic E-state index is 12.7. The van der Waals surface area contributed by atoms with Crippen molar-refractivity contribution >= 4 is 17.2 Å². The van der Waals surface area contributed by atoms with Crippen LogP contribution in [0.15, 0.2) is 91.5 Å². The second-order valence-corrected chi connectivity index (χ2v) is 7.77. The van der Waals surface area contributed by atoms with Gasteiger partial charge in [0.2, 0.25) is 0 Å². The summed E-state index contributed by atoms with van der Waals surface area (Å²) >= 11 is 0. The highest BCUT2D eigenvalue weighted by molar-refractivity contribution is 6.04. The summed E-state index contributed by atoms with van der Waals surface area (Å²) in [6, 6.07) is 20.8. The molecule has 1 amide bonds. The van der Waals surface area contributed by atoms with Crippen LogP contribution >= 0.6 is 0 Å². The molecule has 33 heavy (non-hydrogen) atoms. The lowest BCUT2D eigenvalue weighted by molar-refractivity contribution is 0.102. The van der Waals surface area contributed by atoms with Crippen molar-refractivity contribution in [2.75, 3.05) is 5.32 Å². The van der Waals surface area contributed by atoms with Gasteiger partial charge in [0.05, 0.1) is 5.69 Å². The van der Waals surface area contributed by atoms with Crippen LogP contribution in [-0.2, 0) is 13.2 Å². The Labute approximate surface area is 191 Å². The first-order chi connectivity index (χ1) is 16.1. The average Bonchev–Trinajstić information content (AvgIpc) is 3.44. The van der Waals surface area contributed by atoms with Gasteiger partial charge in [0.25, 0.3) is 5.91 Å². The summed E-state index contributed by atoms with van der Waals surface area (Å²) in [5, 5.41) is 2.95. The van der Waals surface area contributed by atoms with Crippen LogP contribution < -0.4 is 10.1 Å². The smallest absolute Gasteiger partial charge is 0.255 e. The number of hydrogen-bond donors (Lipinski definition) is 1. The number of nitrogens with one attached hydrogen (secondary N) is 1. The van der Waals surface area contributed by atoms with E-state index in [1.54, 1.807) is 18.3 Å². The van der Waals surface area contributed by atoms with E-state index in [0.29, 0.717) is 17.9 Å². The van der Waals surface area contributed by atoms with E-state index in [2.05, 4.69) is 19.9 Å². The van der Waals surface area contributed by atoms with Gasteiger partial charge in [-0.3, -0.25) is 4.79 Å². The molecular weight excluding hydrogens is 414 g/mol. The Kier molecular flexibility index (Phi) is 5.59. The molecule has 0 aliphatic carbocycles. The molecule has 3 aromatic heterocycles. The standard InChI is InChI=1S/C26H23N5O2/c1-19-27-12-14-30(19)16-20-8-10-22(11-9-20)29-26(32)21-5-4-6-24(15-21)33-18-23-17-31-13-3-2-7-25(31)28-23/h2-15,17H,16,18H2,1H3,(H,29,32). The number of amides is 1. The summed E-state index contributed by atoms with van der Waals surface area (Å²) in [5.41, 5.74) is 4.09. The first kappa shape index (κ1) is 20.5. The van der Waals surface area contributed by atoms with Gasteiger partial charge in [-0.05, 0) is 55.0 Å². The maximum Gasteiger partial charge on any atom is 0.255 e. The van der Waals surface area contributed by atoms with Crippen LogP contribution in [-0.4, -0.2) is 24.8 Å². The number of ether oxygens (including phenoxy) is 1. The van der Waals surface area contributed by atoms with E-state index >= 15 is 0 Å². The SMILES string of the molecule is Cc1nccn1Cc1ccc(NC(=O)c2cccc(OCc3cn4ccccc4n3)c2)cc1. The molecule has 164 valence electrons. The van der Waals surface area contributed by atoms with Crippen LogP contribution in [0.1, 0.15) is 27.4 Å². The molecule has 7 nitrogen and oxygen atoms in total. The summed E-state index contributed by atoms with van der Waals surface area (Å²) in [4.78, 5) is 21.5. The van der Waals surface area contributed by atoms with Crippen molar-refractivity contribution < 1.29 is 9.53 Å². The Morgan fingerprint density at radius 3 is 2.70 bits per heavy atom. The molecule has 0 radical (unpaired) electrons. The quantitative estimate of drug-likeness (QED) is 0.400.